The Kier molecular flexibility index (Phi) is 7.20. The van der Waals surface area contributed by atoms with Gasteiger partial charge in [0, 0.05) is 12.1 Å². The number of hydrogen-bond donors (Lipinski definition) is 2. The zero-order chi connectivity index (χ0) is 19.1. The number of unbranched alkanes of at least 4 members (excludes halogenated alkanes) is 1. The highest BCUT2D eigenvalue weighted by Gasteiger charge is 2.63. The van der Waals surface area contributed by atoms with Crippen LogP contribution < -0.4 is 10.6 Å². The van der Waals surface area contributed by atoms with E-state index in [1.807, 2.05) is 5.32 Å². The Bertz CT molecular complexity index is 608. The number of carbonyl (C=O) groups excluding carboxylic acids is 2. The van der Waals surface area contributed by atoms with Gasteiger partial charge in [0.1, 0.15) is 5.82 Å². The van der Waals surface area contributed by atoms with Crippen molar-refractivity contribution in [3.05, 3.63) is 23.9 Å². The van der Waals surface area contributed by atoms with Crippen molar-refractivity contribution in [2.75, 3.05) is 11.9 Å². The third kappa shape index (κ3) is 5.33. The molecule has 0 bridgehead atoms. The summed E-state index contributed by atoms with van der Waals surface area (Å²) in [5, 5.41) is 3.79. The number of ether oxygens (including phenoxy) is 1. The molecule has 1 amide bonds. The van der Waals surface area contributed by atoms with Gasteiger partial charge in [-0.2, -0.15) is 13.2 Å². The highest BCUT2D eigenvalue weighted by molar-refractivity contribution is 5.91. The molecule has 0 spiro atoms. The summed E-state index contributed by atoms with van der Waals surface area (Å²) in [5.74, 6) is -2.76. The molecule has 1 heterocycles. The lowest BCUT2D eigenvalue weighted by molar-refractivity contribution is -0.208. The van der Waals surface area contributed by atoms with Crippen molar-refractivity contribution in [1.82, 2.24) is 10.3 Å². The van der Waals surface area contributed by atoms with E-state index in [2.05, 4.69) is 9.72 Å². The Morgan fingerprint density at radius 3 is 2.44 bits per heavy atom. The molecule has 9 heteroatoms. The molecule has 1 rings (SSSR count). The van der Waals surface area contributed by atoms with Gasteiger partial charge in [-0.15, -0.1) is 0 Å². The van der Waals surface area contributed by atoms with Crippen molar-refractivity contribution < 1.29 is 27.5 Å². The molecule has 0 saturated heterocycles. The van der Waals surface area contributed by atoms with E-state index < -0.39 is 23.7 Å². The third-order valence-electron chi connectivity index (χ3n) is 3.30. The Morgan fingerprint density at radius 2 is 1.92 bits per heavy atom. The van der Waals surface area contributed by atoms with Crippen molar-refractivity contribution >= 4 is 17.7 Å². The van der Waals surface area contributed by atoms with E-state index in [0.717, 1.165) is 0 Å². The number of amides is 1. The number of halogens is 3. The van der Waals surface area contributed by atoms with Crippen LogP contribution in [0.3, 0.4) is 0 Å². The number of aryl methyl sites for hydroxylation is 1. The molecule has 2 N–H and O–H groups in total. The Labute approximate surface area is 144 Å². The molecule has 0 aromatic carbocycles. The van der Waals surface area contributed by atoms with Crippen LogP contribution in [0.4, 0.5) is 19.0 Å². The van der Waals surface area contributed by atoms with Crippen molar-refractivity contribution in [2.24, 2.45) is 0 Å². The number of nitrogens with one attached hydrogen (secondary N) is 2. The van der Waals surface area contributed by atoms with Gasteiger partial charge in [-0.25, -0.2) is 9.78 Å². The summed E-state index contributed by atoms with van der Waals surface area (Å²) >= 11 is 0. The minimum absolute atomic E-state index is 0.142. The number of pyridine rings is 1. The maximum atomic E-state index is 13.8. The van der Waals surface area contributed by atoms with Crippen LogP contribution in [-0.2, 0) is 14.3 Å². The molecule has 1 unspecified atom stereocenters. The molecule has 1 atom stereocenters. The fourth-order valence-electron chi connectivity index (χ4n) is 2.04. The molecule has 1 aromatic heterocycles. The highest BCUT2D eigenvalue weighted by atomic mass is 19.4. The van der Waals surface area contributed by atoms with E-state index in [4.69, 9.17) is 0 Å². The second kappa shape index (κ2) is 8.68. The second-order valence-electron chi connectivity index (χ2n) is 5.41. The average molecular weight is 361 g/mol. The van der Waals surface area contributed by atoms with Crippen LogP contribution in [0, 0.1) is 6.92 Å². The van der Waals surface area contributed by atoms with E-state index in [9.17, 15) is 22.8 Å². The predicted molar refractivity (Wildman–Crippen MR) is 85.7 cm³/mol. The fraction of sp³-hybridized carbons (Fsp3) is 0.562. The summed E-state index contributed by atoms with van der Waals surface area (Å²) in [6.07, 6.45) is -4.27. The van der Waals surface area contributed by atoms with Gasteiger partial charge >= 0.3 is 17.8 Å². The molecule has 0 radical (unpaired) electrons. The molecular formula is C16H22F3N3O3. The van der Waals surface area contributed by atoms with Crippen molar-refractivity contribution in [1.29, 1.82) is 0 Å². The molecule has 0 saturated carbocycles. The summed E-state index contributed by atoms with van der Waals surface area (Å²) < 4.78 is 46.0. The van der Waals surface area contributed by atoms with E-state index in [1.165, 1.54) is 19.1 Å². The van der Waals surface area contributed by atoms with E-state index >= 15 is 0 Å². The average Bonchev–Trinajstić information content (AvgIpc) is 2.51. The SMILES string of the molecule is CCCCC(=O)NC(Nc1cccc(C)n1)(C(=O)OCC)C(F)(F)F. The van der Waals surface area contributed by atoms with Crippen molar-refractivity contribution in [3.8, 4) is 0 Å². The monoisotopic (exact) mass is 361 g/mol. The number of hydrogen-bond acceptors (Lipinski definition) is 5. The Morgan fingerprint density at radius 1 is 1.24 bits per heavy atom. The fourth-order valence-corrected chi connectivity index (χ4v) is 2.04. The molecule has 0 aliphatic rings. The number of carbonyl (C=O) groups is 2. The number of esters is 1. The molecule has 0 fully saturated rings. The largest absolute Gasteiger partial charge is 0.463 e. The van der Waals surface area contributed by atoms with Gasteiger partial charge in [-0.1, -0.05) is 19.4 Å². The van der Waals surface area contributed by atoms with Crippen LogP contribution in [0.15, 0.2) is 18.2 Å². The van der Waals surface area contributed by atoms with Gasteiger partial charge in [0.15, 0.2) is 0 Å². The number of alkyl halides is 3. The summed E-state index contributed by atoms with van der Waals surface area (Å²) in [6.45, 7) is 4.49. The van der Waals surface area contributed by atoms with E-state index in [-0.39, 0.29) is 18.8 Å². The zero-order valence-electron chi connectivity index (χ0n) is 14.4. The van der Waals surface area contributed by atoms with Crippen LogP contribution in [0.2, 0.25) is 0 Å². The first-order valence-electron chi connectivity index (χ1n) is 7.93. The molecule has 1 aromatic rings. The predicted octanol–water partition coefficient (Wildman–Crippen LogP) is 2.93. The smallest absolute Gasteiger partial charge is 0.441 e. The van der Waals surface area contributed by atoms with Gasteiger partial charge in [-0.05, 0) is 32.4 Å². The molecular weight excluding hydrogens is 339 g/mol. The first-order valence-corrected chi connectivity index (χ1v) is 7.93. The quantitative estimate of drug-likeness (QED) is 0.550. The summed E-state index contributed by atoms with van der Waals surface area (Å²) in [5.41, 5.74) is -2.96. The lowest BCUT2D eigenvalue weighted by atomic mass is 10.1. The zero-order valence-corrected chi connectivity index (χ0v) is 14.4. The summed E-state index contributed by atoms with van der Waals surface area (Å²) in [4.78, 5) is 28.0. The van der Waals surface area contributed by atoms with Crippen LogP contribution in [0.25, 0.3) is 0 Å². The maximum Gasteiger partial charge on any atom is 0.441 e. The molecule has 25 heavy (non-hydrogen) atoms. The van der Waals surface area contributed by atoms with Crippen LogP contribution in [-0.4, -0.2) is 35.3 Å². The summed E-state index contributed by atoms with van der Waals surface area (Å²) in [7, 11) is 0. The number of nitrogens with zero attached hydrogens (tertiary/aromatic N) is 1. The Hall–Kier alpha value is -2.32. The van der Waals surface area contributed by atoms with Gasteiger partial charge in [0.05, 0.1) is 6.61 Å². The van der Waals surface area contributed by atoms with Crippen molar-refractivity contribution in [3.63, 3.8) is 0 Å². The van der Waals surface area contributed by atoms with Gasteiger partial charge in [-0.3, -0.25) is 4.79 Å². The number of rotatable bonds is 8. The van der Waals surface area contributed by atoms with E-state index in [0.29, 0.717) is 18.5 Å². The normalized spacial score (nSPS) is 13.7. The first-order chi connectivity index (χ1) is 11.7. The third-order valence-corrected chi connectivity index (χ3v) is 3.30. The summed E-state index contributed by atoms with van der Waals surface area (Å²) in [6, 6.07) is 4.34. The van der Waals surface area contributed by atoms with Crippen LogP contribution >= 0.6 is 0 Å². The topological polar surface area (TPSA) is 80.3 Å². The highest BCUT2D eigenvalue weighted by Crippen LogP contribution is 2.33. The van der Waals surface area contributed by atoms with Gasteiger partial charge < -0.3 is 15.4 Å². The van der Waals surface area contributed by atoms with Crippen LogP contribution in [0.1, 0.15) is 38.8 Å². The standard InChI is InChI=1S/C16H22F3N3O3/c1-4-6-10-13(23)22-15(16(17,18)19,14(24)25-5-2)21-12-9-7-8-11(3)20-12/h7-9H,4-6,10H2,1-3H3,(H,20,21)(H,22,23). The molecule has 0 aliphatic carbocycles. The van der Waals surface area contributed by atoms with Crippen molar-refractivity contribution in [2.45, 2.75) is 51.9 Å². The number of anilines is 1. The van der Waals surface area contributed by atoms with Gasteiger partial charge in [0.25, 0.3) is 0 Å². The molecule has 6 nitrogen and oxygen atoms in total. The Balaban J connectivity index is 3.29. The van der Waals surface area contributed by atoms with Crippen LogP contribution in [0.5, 0.6) is 0 Å². The lowest BCUT2D eigenvalue weighted by Crippen LogP contribution is -2.69. The van der Waals surface area contributed by atoms with E-state index in [1.54, 1.807) is 25.2 Å². The first kappa shape index (κ1) is 20.7. The number of aromatic nitrogens is 1. The van der Waals surface area contributed by atoms with Gasteiger partial charge in [0.2, 0.25) is 5.91 Å². The molecule has 140 valence electrons. The lowest BCUT2D eigenvalue weighted by Gasteiger charge is -2.35. The minimum Gasteiger partial charge on any atom is -0.463 e. The molecule has 0 aliphatic heterocycles. The second-order valence-corrected chi connectivity index (χ2v) is 5.41. The minimum atomic E-state index is -5.15. The maximum absolute atomic E-state index is 13.8.